The summed E-state index contributed by atoms with van der Waals surface area (Å²) in [6.45, 7) is 6.65. The van der Waals surface area contributed by atoms with E-state index in [1.54, 1.807) is 11.1 Å². The molecule has 0 bridgehead atoms. The maximum Gasteiger partial charge on any atom is 0.0595 e. The lowest BCUT2D eigenvalue weighted by Crippen LogP contribution is -2.39. The zero-order valence-electron chi connectivity index (χ0n) is 84.3. The Kier molecular flexibility index (Phi) is 39.9. The molecule has 23 rings (SSSR count). The third kappa shape index (κ3) is 25.1. The molecule has 14 fully saturated rings. The Morgan fingerprint density at radius 3 is 0.600 bits per heavy atom. The second-order valence-corrected chi connectivity index (χ2v) is 50.3. The Bertz CT molecular complexity index is 4970. The fourth-order valence-corrected chi connectivity index (χ4v) is 33.0. The second kappa shape index (κ2) is 51.2. The predicted molar refractivity (Wildman–Crippen MR) is 608 cm³/mol. The Morgan fingerprint density at radius 1 is 0.200 bits per heavy atom. The average Bonchev–Trinajstić information content (AvgIpc) is 1.25. The van der Waals surface area contributed by atoms with Crippen molar-refractivity contribution in [1.82, 2.24) is 9.80 Å². The minimum absolute atomic E-state index is 0. The van der Waals surface area contributed by atoms with E-state index in [1.165, 1.54) is 409 Å². The molecule has 0 spiro atoms. The molecule has 3 aliphatic heterocycles. The van der Waals surface area contributed by atoms with Crippen LogP contribution in [0.4, 0.5) is 0 Å². The van der Waals surface area contributed by atoms with Crippen LogP contribution in [-0.4, -0.2) is 63.3 Å². The predicted octanol–water partition coefficient (Wildman–Crippen LogP) is 41.4. The van der Waals surface area contributed by atoms with Gasteiger partial charge in [0.15, 0.2) is 0 Å². The van der Waals surface area contributed by atoms with Crippen molar-refractivity contribution in [2.75, 3.05) is 53.5 Å². The molecule has 9 aromatic rings. The van der Waals surface area contributed by atoms with Gasteiger partial charge in [0.1, 0.15) is 0 Å². The van der Waals surface area contributed by atoms with Gasteiger partial charge in [-0.15, -0.1) is 0 Å². The molecule has 0 amide bonds. The molecule has 0 radical (unpaired) electrons. The van der Waals surface area contributed by atoms with Gasteiger partial charge in [0.2, 0.25) is 0 Å². The largest absolute Gasteiger partial charge is 0.381 e. The van der Waals surface area contributed by atoms with E-state index in [1.807, 2.05) is 30.3 Å². The molecule has 3 nitrogen and oxygen atoms in total. The van der Waals surface area contributed by atoms with E-state index in [0.717, 1.165) is 77.5 Å². The van der Waals surface area contributed by atoms with Crippen LogP contribution >= 0.6 is 116 Å². The summed E-state index contributed by atoms with van der Waals surface area (Å²) < 4.78 is 5.60. The smallest absolute Gasteiger partial charge is 0.0595 e. The highest BCUT2D eigenvalue weighted by molar-refractivity contribution is 6.44. The van der Waals surface area contributed by atoms with Crippen LogP contribution in [-0.2, 0) is 42.6 Å². The van der Waals surface area contributed by atoms with E-state index < -0.39 is 0 Å². The lowest BCUT2D eigenvalue weighted by atomic mass is 9.61. The van der Waals surface area contributed by atoms with Crippen molar-refractivity contribution in [2.45, 2.75) is 392 Å². The molecule has 0 aromatic heterocycles. The Balaban J connectivity index is 0.000000118. The summed E-state index contributed by atoms with van der Waals surface area (Å²) in [7, 11) is 4.48. The standard InChI is InChI=1S/2C21H26.2C17H23Cl2N.2C17H22Cl2.C16H20Cl2O.CH4/c2*1-6-14-21(15-7-1,19-10-4-5-11-19)20-13-12-17-8-2-3-9-18(17)16-20;2*1-20-10-7-14(12-20)17(8-3-2-4-9-17)13-5-6-15(18)16(19)11-13;2*18-15-9-8-14(12-16(15)19)17(10-4-1-5-11-17)13-6-2-3-7-13;17-14-6-5-13(11-15(14)18)16(7-9-19-10-8-16)12-3-1-2-4-12;/h2*2-3,8-9,12-13,16,19H,1,4-7,10-11,14-15H2;2*5-6,11,14H,2-4,7-10,12H2,1H3;2*8-9,12-13H,1-7,10-11H2;5-6,11-12H,1-4,7-10H2;1H4. The molecule has 13 heteroatoms. The summed E-state index contributed by atoms with van der Waals surface area (Å²) in [6.07, 6.45) is 74.6. The Labute approximate surface area is 896 Å². The molecule has 140 heavy (non-hydrogen) atoms. The highest BCUT2D eigenvalue weighted by Gasteiger charge is 2.50. The van der Waals surface area contributed by atoms with Gasteiger partial charge in [-0.1, -0.05) is 418 Å². The number of likely N-dealkylation sites (tertiary alicyclic amines) is 2. The molecule has 14 aliphatic rings. The summed E-state index contributed by atoms with van der Waals surface area (Å²) in [5.74, 6) is 5.94. The summed E-state index contributed by atoms with van der Waals surface area (Å²) in [6, 6.07) is 64.0. The highest BCUT2D eigenvalue weighted by atomic mass is 35.5. The highest BCUT2D eigenvalue weighted by Crippen LogP contribution is 2.59. The molecule has 9 aromatic carbocycles. The number of nitrogens with zero attached hydrogens (tertiary/aromatic N) is 2. The van der Waals surface area contributed by atoms with Crippen molar-refractivity contribution < 1.29 is 4.74 Å². The number of rotatable bonds is 14. The molecular formula is C127H166Cl10N2O. The van der Waals surface area contributed by atoms with Gasteiger partial charge in [0, 0.05) is 31.7 Å². The molecule has 0 N–H and O–H groups in total. The number of hydrogen-bond donors (Lipinski definition) is 0. The first kappa shape index (κ1) is 109. The van der Waals surface area contributed by atoms with Crippen molar-refractivity contribution in [1.29, 1.82) is 0 Å². The molecule has 11 saturated carbocycles. The zero-order chi connectivity index (χ0) is 96.5. The monoisotopic (exact) mass is 2080 g/mol. The molecule has 2 atom stereocenters. The van der Waals surface area contributed by atoms with Crippen LogP contribution in [0.3, 0.4) is 0 Å². The average molecular weight is 2090 g/mol. The number of halogens is 10. The van der Waals surface area contributed by atoms with E-state index in [2.05, 4.69) is 169 Å². The minimum atomic E-state index is 0. The normalized spacial score (nSPS) is 24.1. The van der Waals surface area contributed by atoms with Crippen molar-refractivity contribution in [3.8, 4) is 0 Å². The molecular weight excluding hydrogens is 1920 g/mol. The van der Waals surface area contributed by atoms with Gasteiger partial charge in [-0.2, -0.15) is 0 Å². The van der Waals surface area contributed by atoms with Gasteiger partial charge in [0.05, 0.1) is 50.2 Å². The minimum Gasteiger partial charge on any atom is -0.381 e. The van der Waals surface area contributed by atoms with Crippen LogP contribution in [0.25, 0.3) is 21.5 Å². The first-order valence-corrected chi connectivity index (χ1v) is 59.7. The Hall–Kier alpha value is -3.72. The summed E-state index contributed by atoms with van der Waals surface area (Å²) in [5.41, 5.74) is 13.1. The van der Waals surface area contributed by atoms with Gasteiger partial charge in [-0.25, -0.2) is 0 Å². The topological polar surface area (TPSA) is 15.7 Å². The van der Waals surface area contributed by atoms with Crippen molar-refractivity contribution in [3.05, 3.63) is 265 Å². The third-order valence-corrected chi connectivity index (χ3v) is 42.7. The van der Waals surface area contributed by atoms with E-state index in [4.69, 9.17) is 121 Å². The van der Waals surface area contributed by atoms with Gasteiger partial charge in [0.25, 0.3) is 0 Å². The molecule has 11 aliphatic carbocycles. The van der Waals surface area contributed by atoms with Crippen LogP contribution < -0.4 is 0 Å². The van der Waals surface area contributed by atoms with Gasteiger partial charge < -0.3 is 14.5 Å². The van der Waals surface area contributed by atoms with Crippen LogP contribution in [0, 0.1) is 41.4 Å². The van der Waals surface area contributed by atoms with Crippen molar-refractivity contribution in [3.63, 3.8) is 0 Å². The van der Waals surface area contributed by atoms with Crippen LogP contribution in [0.2, 0.25) is 50.2 Å². The molecule has 3 saturated heterocycles. The van der Waals surface area contributed by atoms with Gasteiger partial charge in [-0.3, -0.25) is 0 Å². The summed E-state index contributed by atoms with van der Waals surface area (Å²) in [5, 5.41) is 12.5. The van der Waals surface area contributed by atoms with Crippen molar-refractivity contribution >= 4 is 138 Å². The SMILES string of the molecule is C.CN1CCC(C2(c3ccc(Cl)c(Cl)c3)CCCCC2)C1.CN1CCC(C2(c3ccc(Cl)c(Cl)c3)CCCCC2)C1.Clc1ccc(C2(C3CCCC3)CCCCC2)cc1Cl.Clc1ccc(C2(C3CCCC3)CCCCC2)cc1Cl.Clc1ccc(C2(C3CCCC3)CCOCC2)cc1Cl.c1ccc2cc(C3(C4CCCC4)CCCCC3)ccc2c1.c1ccc2cc(C3(C4CCCC4)CCCCC3)ccc2c1. The van der Waals surface area contributed by atoms with Crippen molar-refractivity contribution in [2.24, 2.45) is 41.4 Å². The fraction of sp³-hybridized carbons (Fsp3) is 0.606. The first-order chi connectivity index (χ1) is 67.7. The molecule has 3 heterocycles. The number of ether oxygens (including phenoxy) is 1. The maximum atomic E-state index is 6.29. The molecule has 760 valence electrons. The maximum absolute atomic E-state index is 6.29. The van der Waals surface area contributed by atoms with Gasteiger partial charge >= 0.3 is 0 Å². The van der Waals surface area contributed by atoms with Crippen LogP contribution in [0.15, 0.2) is 176 Å². The molecule has 2 unspecified atom stereocenters. The van der Waals surface area contributed by atoms with Gasteiger partial charge in [-0.05, 0) is 389 Å². The fourth-order valence-electron chi connectivity index (χ4n) is 31.6. The van der Waals surface area contributed by atoms with E-state index >= 15 is 0 Å². The van der Waals surface area contributed by atoms with Crippen LogP contribution in [0.1, 0.15) is 393 Å². The second-order valence-electron chi connectivity index (χ2n) is 46.2. The zero-order valence-corrected chi connectivity index (χ0v) is 91.9. The van der Waals surface area contributed by atoms with E-state index in [-0.39, 0.29) is 12.8 Å². The van der Waals surface area contributed by atoms with E-state index in [9.17, 15) is 0 Å². The number of hydrogen-bond acceptors (Lipinski definition) is 3. The third-order valence-electron chi connectivity index (χ3n) is 39.0. The summed E-state index contributed by atoms with van der Waals surface area (Å²) in [4.78, 5) is 4.94. The number of fused-ring (bicyclic) bond motifs is 2. The lowest BCUT2D eigenvalue weighted by molar-refractivity contribution is 0.0265. The van der Waals surface area contributed by atoms with E-state index in [0.29, 0.717) is 72.7 Å². The van der Waals surface area contributed by atoms with Crippen LogP contribution in [0.5, 0.6) is 0 Å². The number of benzene rings is 9. The Morgan fingerprint density at radius 2 is 0.393 bits per heavy atom. The lowest BCUT2D eigenvalue weighted by Gasteiger charge is -2.43. The first-order valence-electron chi connectivity index (χ1n) is 55.9. The quantitative estimate of drug-likeness (QED) is 0.108. The summed E-state index contributed by atoms with van der Waals surface area (Å²) >= 11 is 61.8.